The SMILES string of the molecule is CCN(/C=C/[C@@H](C)CC/C=C(\C)CCC=C(C)C)CC. The first-order chi connectivity index (χ1) is 9.49. The Labute approximate surface area is 127 Å². The van der Waals surface area contributed by atoms with Crippen molar-refractivity contribution in [1.29, 1.82) is 0 Å². The number of hydrogen-bond acceptors (Lipinski definition) is 1. The zero-order valence-electron chi connectivity index (χ0n) is 14.6. The molecule has 0 spiro atoms. The highest BCUT2D eigenvalue weighted by Crippen LogP contribution is 2.12. The van der Waals surface area contributed by atoms with E-state index in [-0.39, 0.29) is 0 Å². The first-order valence-corrected chi connectivity index (χ1v) is 8.20. The van der Waals surface area contributed by atoms with Gasteiger partial charge in [-0.1, -0.05) is 36.3 Å². The van der Waals surface area contributed by atoms with E-state index in [0.29, 0.717) is 5.92 Å². The van der Waals surface area contributed by atoms with Crippen LogP contribution in [0.25, 0.3) is 0 Å². The molecule has 1 atom stereocenters. The van der Waals surface area contributed by atoms with Crippen LogP contribution in [0.5, 0.6) is 0 Å². The van der Waals surface area contributed by atoms with Gasteiger partial charge in [0.1, 0.15) is 0 Å². The van der Waals surface area contributed by atoms with E-state index in [0.717, 1.165) is 13.1 Å². The molecule has 0 N–H and O–H groups in total. The molecular formula is C19H35N. The summed E-state index contributed by atoms with van der Waals surface area (Å²) in [7, 11) is 0. The summed E-state index contributed by atoms with van der Waals surface area (Å²) in [6, 6.07) is 0. The Bertz CT molecular complexity index is 315. The van der Waals surface area contributed by atoms with E-state index in [2.05, 4.69) is 70.9 Å². The third-order valence-electron chi connectivity index (χ3n) is 3.64. The van der Waals surface area contributed by atoms with Crippen molar-refractivity contribution in [2.45, 2.75) is 67.2 Å². The van der Waals surface area contributed by atoms with Crippen molar-refractivity contribution in [3.8, 4) is 0 Å². The minimum Gasteiger partial charge on any atom is -0.378 e. The van der Waals surface area contributed by atoms with Gasteiger partial charge in [0.25, 0.3) is 0 Å². The number of nitrogens with zero attached hydrogens (tertiary/aromatic N) is 1. The highest BCUT2D eigenvalue weighted by molar-refractivity contribution is 5.02. The van der Waals surface area contributed by atoms with Crippen LogP contribution in [-0.4, -0.2) is 18.0 Å². The Morgan fingerprint density at radius 1 is 1.00 bits per heavy atom. The van der Waals surface area contributed by atoms with E-state index < -0.39 is 0 Å². The van der Waals surface area contributed by atoms with Crippen LogP contribution in [0.4, 0.5) is 0 Å². The smallest absolute Gasteiger partial charge is 0.0143 e. The molecule has 1 heteroatoms. The van der Waals surface area contributed by atoms with Gasteiger partial charge >= 0.3 is 0 Å². The van der Waals surface area contributed by atoms with Crippen molar-refractivity contribution < 1.29 is 0 Å². The molecule has 0 aromatic carbocycles. The molecule has 0 saturated carbocycles. The maximum Gasteiger partial charge on any atom is 0.0143 e. The van der Waals surface area contributed by atoms with Gasteiger partial charge in [-0.15, -0.1) is 0 Å². The van der Waals surface area contributed by atoms with Crippen LogP contribution in [0.1, 0.15) is 67.2 Å². The summed E-state index contributed by atoms with van der Waals surface area (Å²) in [6.45, 7) is 15.5. The summed E-state index contributed by atoms with van der Waals surface area (Å²) in [4.78, 5) is 2.34. The fourth-order valence-corrected chi connectivity index (χ4v) is 2.08. The molecule has 0 rings (SSSR count). The lowest BCUT2D eigenvalue weighted by Crippen LogP contribution is -2.15. The van der Waals surface area contributed by atoms with Crippen LogP contribution in [-0.2, 0) is 0 Å². The van der Waals surface area contributed by atoms with Crippen LogP contribution < -0.4 is 0 Å². The Balaban J connectivity index is 3.94. The molecule has 0 heterocycles. The van der Waals surface area contributed by atoms with Gasteiger partial charge in [-0.25, -0.2) is 0 Å². The van der Waals surface area contributed by atoms with Gasteiger partial charge in [-0.2, -0.15) is 0 Å². The predicted octanol–water partition coefficient (Wildman–Crippen LogP) is 5.95. The van der Waals surface area contributed by atoms with Gasteiger partial charge in [-0.3, -0.25) is 0 Å². The molecule has 20 heavy (non-hydrogen) atoms. The topological polar surface area (TPSA) is 3.24 Å². The lowest BCUT2D eigenvalue weighted by Gasteiger charge is -2.15. The largest absolute Gasteiger partial charge is 0.378 e. The van der Waals surface area contributed by atoms with Crippen molar-refractivity contribution in [3.05, 3.63) is 35.6 Å². The second-order valence-electron chi connectivity index (χ2n) is 5.99. The predicted molar refractivity (Wildman–Crippen MR) is 92.9 cm³/mol. The molecular weight excluding hydrogens is 242 g/mol. The first-order valence-electron chi connectivity index (χ1n) is 8.20. The second kappa shape index (κ2) is 11.8. The fourth-order valence-electron chi connectivity index (χ4n) is 2.08. The monoisotopic (exact) mass is 277 g/mol. The summed E-state index contributed by atoms with van der Waals surface area (Å²) in [5.41, 5.74) is 2.95. The highest BCUT2D eigenvalue weighted by atomic mass is 15.1. The summed E-state index contributed by atoms with van der Waals surface area (Å²) in [6.07, 6.45) is 14.2. The van der Waals surface area contributed by atoms with Crippen LogP contribution >= 0.6 is 0 Å². The third kappa shape index (κ3) is 10.9. The standard InChI is InChI=1S/C19H35N/c1-7-20(8-2)16-15-19(6)14-10-13-18(5)12-9-11-17(3)4/h11,13,15-16,19H,7-10,12,14H2,1-6H3/b16-15+,18-13+/t19-/m0/s1. The molecule has 0 unspecified atom stereocenters. The molecule has 0 fully saturated rings. The van der Waals surface area contributed by atoms with Gasteiger partial charge in [-0.05, 0) is 72.4 Å². The van der Waals surface area contributed by atoms with Gasteiger partial charge in [0, 0.05) is 13.1 Å². The highest BCUT2D eigenvalue weighted by Gasteiger charge is 1.97. The fraction of sp³-hybridized carbons (Fsp3) is 0.684. The van der Waals surface area contributed by atoms with Crippen molar-refractivity contribution in [3.63, 3.8) is 0 Å². The number of allylic oxidation sites excluding steroid dienone is 5. The van der Waals surface area contributed by atoms with Crippen molar-refractivity contribution in [2.24, 2.45) is 5.92 Å². The molecule has 0 aliphatic rings. The maximum absolute atomic E-state index is 2.42. The minimum absolute atomic E-state index is 0.664. The van der Waals surface area contributed by atoms with Crippen molar-refractivity contribution in [1.82, 2.24) is 4.90 Å². The van der Waals surface area contributed by atoms with Crippen LogP contribution in [0.2, 0.25) is 0 Å². The Morgan fingerprint density at radius 2 is 1.65 bits per heavy atom. The quantitative estimate of drug-likeness (QED) is 0.446. The zero-order chi connectivity index (χ0) is 15.4. The molecule has 116 valence electrons. The lowest BCUT2D eigenvalue weighted by molar-refractivity contribution is 0.414. The molecule has 0 saturated heterocycles. The molecule has 0 bridgehead atoms. The minimum atomic E-state index is 0.664. The summed E-state index contributed by atoms with van der Waals surface area (Å²) < 4.78 is 0. The van der Waals surface area contributed by atoms with Gasteiger partial charge in [0.2, 0.25) is 0 Å². The molecule has 0 aromatic rings. The molecule has 1 nitrogen and oxygen atoms in total. The van der Waals surface area contributed by atoms with Crippen LogP contribution in [0.15, 0.2) is 35.6 Å². The van der Waals surface area contributed by atoms with E-state index in [1.165, 1.54) is 36.8 Å². The Kier molecular flexibility index (Phi) is 11.2. The van der Waals surface area contributed by atoms with Crippen LogP contribution in [0.3, 0.4) is 0 Å². The van der Waals surface area contributed by atoms with Gasteiger partial charge in [0.15, 0.2) is 0 Å². The summed E-state index contributed by atoms with van der Waals surface area (Å²) in [5.74, 6) is 0.664. The van der Waals surface area contributed by atoms with E-state index >= 15 is 0 Å². The van der Waals surface area contributed by atoms with E-state index in [9.17, 15) is 0 Å². The van der Waals surface area contributed by atoms with E-state index in [1.54, 1.807) is 0 Å². The van der Waals surface area contributed by atoms with Gasteiger partial charge in [0.05, 0.1) is 0 Å². The Morgan fingerprint density at radius 3 is 2.20 bits per heavy atom. The molecule has 0 radical (unpaired) electrons. The second-order valence-corrected chi connectivity index (χ2v) is 5.99. The normalized spacial score (nSPS) is 13.6. The van der Waals surface area contributed by atoms with Crippen molar-refractivity contribution >= 4 is 0 Å². The van der Waals surface area contributed by atoms with Crippen LogP contribution in [0, 0.1) is 5.92 Å². The average molecular weight is 277 g/mol. The lowest BCUT2D eigenvalue weighted by atomic mass is 10.0. The third-order valence-corrected chi connectivity index (χ3v) is 3.64. The Hall–Kier alpha value is -0.980. The molecule has 0 aromatic heterocycles. The van der Waals surface area contributed by atoms with Gasteiger partial charge < -0.3 is 4.90 Å². The van der Waals surface area contributed by atoms with E-state index in [1.807, 2.05) is 0 Å². The van der Waals surface area contributed by atoms with E-state index in [4.69, 9.17) is 0 Å². The average Bonchev–Trinajstić information content (AvgIpc) is 2.39. The first kappa shape index (κ1) is 19.0. The van der Waals surface area contributed by atoms with Crippen molar-refractivity contribution in [2.75, 3.05) is 13.1 Å². The molecule has 0 aliphatic heterocycles. The molecule has 0 amide bonds. The summed E-state index contributed by atoms with van der Waals surface area (Å²) in [5, 5.41) is 0. The summed E-state index contributed by atoms with van der Waals surface area (Å²) >= 11 is 0. The maximum atomic E-state index is 2.42. The number of rotatable bonds is 10. The molecule has 0 aliphatic carbocycles. The number of hydrogen-bond donors (Lipinski definition) is 0. The zero-order valence-corrected chi connectivity index (χ0v) is 14.6.